The number of likely N-dealkylation sites (N-methyl/N-ethyl adjacent to an activating group) is 1. The molecule has 0 fully saturated rings. The molecule has 1 aromatic carbocycles. The number of para-hydroxylation sites is 1. The number of rotatable bonds is 5. The van der Waals surface area contributed by atoms with Gasteiger partial charge in [-0.3, -0.25) is 18.7 Å². The van der Waals surface area contributed by atoms with Crippen LogP contribution in [0.4, 0.5) is 0 Å². The van der Waals surface area contributed by atoms with E-state index in [-0.39, 0.29) is 18.0 Å². The fourth-order valence-corrected chi connectivity index (χ4v) is 3.48. The Hall–Kier alpha value is -3.61. The number of amides is 1. The van der Waals surface area contributed by atoms with Gasteiger partial charge in [-0.05, 0) is 43.7 Å². The Bertz CT molecular complexity index is 1220. The number of hydrogen-bond donors (Lipinski definition) is 0. The molecule has 7 heteroatoms. The van der Waals surface area contributed by atoms with Crippen molar-refractivity contribution >= 4 is 16.9 Å². The third kappa shape index (κ3) is 3.35. The van der Waals surface area contributed by atoms with Gasteiger partial charge in [-0.25, -0.2) is 4.98 Å². The van der Waals surface area contributed by atoms with E-state index >= 15 is 0 Å². The Morgan fingerprint density at radius 1 is 1.14 bits per heavy atom. The zero-order valence-electron chi connectivity index (χ0n) is 16.6. The molecule has 0 N–H and O–H groups in total. The molecule has 0 unspecified atom stereocenters. The highest BCUT2D eigenvalue weighted by Crippen LogP contribution is 2.24. The van der Waals surface area contributed by atoms with Crippen LogP contribution in [0.2, 0.25) is 0 Å². The summed E-state index contributed by atoms with van der Waals surface area (Å²) in [5.74, 6) is 0.495. The molecule has 148 valence electrons. The standard InChI is InChI=1S/C22H22N4O3/c1-15-16(2)26(17-8-5-4-6-9-17)21-20(15)22(28)25(14-23-21)13-19(27)24(3)12-18-10-7-11-29-18/h4-11,14H,12-13H2,1-3H3. The number of fused-ring (bicyclic) bond motifs is 1. The molecular formula is C22H22N4O3. The van der Waals surface area contributed by atoms with Gasteiger partial charge < -0.3 is 9.32 Å². The predicted molar refractivity (Wildman–Crippen MR) is 110 cm³/mol. The molecule has 4 rings (SSSR count). The lowest BCUT2D eigenvalue weighted by molar-refractivity contribution is -0.131. The summed E-state index contributed by atoms with van der Waals surface area (Å²) in [6.07, 6.45) is 3.01. The first kappa shape index (κ1) is 18.7. The van der Waals surface area contributed by atoms with Crippen molar-refractivity contribution in [3.63, 3.8) is 0 Å². The lowest BCUT2D eigenvalue weighted by Gasteiger charge is -2.16. The minimum Gasteiger partial charge on any atom is -0.467 e. The summed E-state index contributed by atoms with van der Waals surface area (Å²) in [5.41, 5.74) is 3.15. The molecule has 3 heterocycles. The first-order valence-corrected chi connectivity index (χ1v) is 9.36. The van der Waals surface area contributed by atoms with Gasteiger partial charge in [0.15, 0.2) is 5.65 Å². The molecule has 0 saturated heterocycles. The zero-order valence-corrected chi connectivity index (χ0v) is 16.6. The Labute approximate surface area is 167 Å². The van der Waals surface area contributed by atoms with E-state index in [0.717, 1.165) is 16.9 Å². The van der Waals surface area contributed by atoms with Crippen molar-refractivity contribution in [3.8, 4) is 5.69 Å². The van der Waals surface area contributed by atoms with E-state index in [2.05, 4.69) is 4.98 Å². The highest BCUT2D eigenvalue weighted by molar-refractivity contribution is 5.83. The molecule has 7 nitrogen and oxygen atoms in total. The van der Waals surface area contributed by atoms with Crippen LogP contribution in [0.3, 0.4) is 0 Å². The molecule has 0 radical (unpaired) electrons. The SMILES string of the molecule is Cc1c(C)n(-c2ccccc2)c2ncn(CC(=O)N(C)Cc3ccco3)c(=O)c12. The molecule has 1 amide bonds. The molecule has 0 atom stereocenters. The normalized spacial score (nSPS) is 11.1. The fourth-order valence-electron chi connectivity index (χ4n) is 3.48. The van der Waals surface area contributed by atoms with Crippen LogP contribution in [0, 0.1) is 13.8 Å². The second kappa shape index (κ2) is 7.43. The number of aromatic nitrogens is 3. The van der Waals surface area contributed by atoms with Crippen molar-refractivity contribution in [1.82, 2.24) is 19.0 Å². The van der Waals surface area contributed by atoms with Gasteiger partial charge in [-0.2, -0.15) is 0 Å². The minimum atomic E-state index is -0.218. The number of nitrogens with zero attached hydrogens (tertiary/aromatic N) is 4. The molecule has 0 aliphatic heterocycles. The van der Waals surface area contributed by atoms with Gasteiger partial charge in [0.05, 0.1) is 18.2 Å². The van der Waals surface area contributed by atoms with Gasteiger partial charge in [0.25, 0.3) is 5.56 Å². The van der Waals surface area contributed by atoms with E-state index in [0.29, 0.717) is 23.3 Å². The van der Waals surface area contributed by atoms with Crippen LogP contribution in [0.15, 0.2) is 64.3 Å². The molecule has 0 aliphatic rings. The van der Waals surface area contributed by atoms with E-state index < -0.39 is 0 Å². The number of furan rings is 1. The maximum Gasteiger partial charge on any atom is 0.263 e. The summed E-state index contributed by atoms with van der Waals surface area (Å²) in [5, 5.41) is 0.537. The molecule has 0 saturated carbocycles. The van der Waals surface area contributed by atoms with Crippen LogP contribution in [-0.2, 0) is 17.9 Å². The Morgan fingerprint density at radius 2 is 1.90 bits per heavy atom. The second-order valence-corrected chi connectivity index (χ2v) is 7.09. The Morgan fingerprint density at radius 3 is 2.59 bits per heavy atom. The van der Waals surface area contributed by atoms with E-state index in [9.17, 15) is 9.59 Å². The molecule has 0 bridgehead atoms. The van der Waals surface area contributed by atoms with Crippen molar-refractivity contribution in [2.75, 3.05) is 7.05 Å². The highest BCUT2D eigenvalue weighted by Gasteiger charge is 2.19. The summed E-state index contributed by atoms with van der Waals surface area (Å²) in [6, 6.07) is 13.4. The van der Waals surface area contributed by atoms with E-state index in [1.807, 2.05) is 54.8 Å². The topological polar surface area (TPSA) is 73.3 Å². The summed E-state index contributed by atoms with van der Waals surface area (Å²) >= 11 is 0. The number of hydrogen-bond acceptors (Lipinski definition) is 4. The van der Waals surface area contributed by atoms with Crippen LogP contribution in [0.5, 0.6) is 0 Å². The summed E-state index contributed by atoms with van der Waals surface area (Å²) in [7, 11) is 1.68. The molecule has 0 spiro atoms. The van der Waals surface area contributed by atoms with Gasteiger partial charge in [0, 0.05) is 18.4 Å². The van der Waals surface area contributed by atoms with Crippen molar-refractivity contribution in [1.29, 1.82) is 0 Å². The molecule has 4 aromatic rings. The monoisotopic (exact) mass is 390 g/mol. The predicted octanol–water partition coefficient (Wildman–Crippen LogP) is 3.06. The fraction of sp³-hybridized carbons (Fsp3) is 0.227. The van der Waals surface area contributed by atoms with E-state index in [1.54, 1.807) is 19.4 Å². The first-order chi connectivity index (χ1) is 14.0. The maximum atomic E-state index is 13.1. The van der Waals surface area contributed by atoms with Crippen LogP contribution in [0.1, 0.15) is 17.0 Å². The van der Waals surface area contributed by atoms with Crippen LogP contribution in [0.25, 0.3) is 16.7 Å². The molecule has 3 aromatic heterocycles. The minimum absolute atomic E-state index is 0.0754. The van der Waals surface area contributed by atoms with Gasteiger partial charge >= 0.3 is 0 Å². The highest BCUT2D eigenvalue weighted by atomic mass is 16.3. The Balaban J connectivity index is 1.69. The van der Waals surface area contributed by atoms with Gasteiger partial charge in [-0.15, -0.1) is 0 Å². The summed E-state index contributed by atoms with van der Waals surface area (Å²) in [6.45, 7) is 4.15. The van der Waals surface area contributed by atoms with Gasteiger partial charge in [0.2, 0.25) is 5.91 Å². The average molecular weight is 390 g/mol. The zero-order chi connectivity index (χ0) is 20.5. The van der Waals surface area contributed by atoms with Gasteiger partial charge in [0.1, 0.15) is 18.6 Å². The second-order valence-electron chi connectivity index (χ2n) is 7.09. The number of carbonyl (C=O) groups is 1. The quantitative estimate of drug-likeness (QED) is 0.525. The molecular weight excluding hydrogens is 368 g/mol. The van der Waals surface area contributed by atoms with Crippen molar-refractivity contribution in [3.05, 3.63) is 82.4 Å². The molecule has 29 heavy (non-hydrogen) atoms. The van der Waals surface area contributed by atoms with Crippen LogP contribution < -0.4 is 5.56 Å². The van der Waals surface area contributed by atoms with Crippen molar-refractivity contribution in [2.45, 2.75) is 26.9 Å². The third-order valence-electron chi connectivity index (χ3n) is 5.20. The summed E-state index contributed by atoms with van der Waals surface area (Å²) in [4.78, 5) is 31.8. The third-order valence-corrected chi connectivity index (χ3v) is 5.20. The van der Waals surface area contributed by atoms with E-state index in [4.69, 9.17) is 4.42 Å². The summed E-state index contributed by atoms with van der Waals surface area (Å²) < 4.78 is 8.62. The smallest absolute Gasteiger partial charge is 0.263 e. The first-order valence-electron chi connectivity index (χ1n) is 9.36. The van der Waals surface area contributed by atoms with Crippen LogP contribution >= 0.6 is 0 Å². The lowest BCUT2D eigenvalue weighted by Crippen LogP contribution is -2.33. The van der Waals surface area contributed by atoms with Crippen LogP contribution in [-0.4, -0.2) is 32.0 Å². The van der Waals surface area contributed by atoms with Crippen molar-refractivity contribution < 1.29 is 9.21 Å². The number of benzene rings is 1. The van der Waals surface area contributed by atoms with E-state index in [1.165, 1.54) is 15.8 Å². The van der Waals surface area contributed by atoms with Crippen molar-refractivity contribution in [2.24, 2.45) is 0 Å². The Kier molecular flexibility index (Phi) is 4.80. The number of carbonyl (C=O) groups excluding carboxylic acids is 1. The van der Waals surface area contributed by atoms with Gasteiger partial charge in [-0.1, -0.05) is 18.2 Å². The molecule has 0 aliphatic carbocycles. The number of aryl methyl sites for hydroxylation is 1. The lowest BCUT2D eigenvalue weighted by atomic mass is 10.2. The average Bonchev–Trinajstić information content (AvgIpc) is 3.31. The largest absolute Gasteiger partial charge is 0.467 e. The maximum absolute atomic E-state index is 13.1.